The third-order valence-electron chi connectivity index (χ3n) is 3.54. The summed E-state index contributed by atoms with van der Waals surface area (Å²) < 4.78 is 7.48. The number of aromatic nitrogens is 4. The molecule has 0 atom stereocenters. The lowest BCUT2D eigenvalue weighted by Gasteiger charge is -2.26. The molecule has 1 N–H and O–H groups in total. The summed E-state index contributed by atoms with van der Waals surface area (Å²) in [5.74, 6) is 2.01. The van der Waals surface area contributed by atoms with Crippen LogP contribution >= 0.6 is 0 Å². The van der Waals surface area contributed by atoms with E-state index < -0.39 is 0 Å². The van der Waals surface area contributed by atoms with Crippen molar-refractivity contribution in [2.24, 2.45) is 0 Å². The molecule has 0 saturated carbocycles. The highest BCUT2D eigenvalue weighted by molar-refractivity contribution is 5.81. The van der Waals surface area contributed by atoms with E-state index in [4.69, 9.17) is 4.74 Å². The molecular weight excluding hydrogens is 242 g/mol. The van der Waals surface area contributed by atoms with E-state index in [1.807, 2.05) is 6.33 Å². The van der Waals surface area contributed by atoms with Crippen LogP contribution in [0.1, 0.15) is 19.7 Å². The monoisotopic (exact) mass is 262 g/mol. The maximum absolute atomic E-state index is 5.40. The number of nitrogens with zero attached hydrogens (tertiary/aromatic N) is 4. The van der Waals surface area contributed by atoms with Crippen molar-refractivity contribution in [3.63, 3.8) is 0 Å². The van der Waals surface area contributed by atoms with E-state index in [2.05, 4.69) is 38.3 Å². The molecule has 2 aromatic rings. The van der Waals surface area contributed by atoms with Gasteiger partial charge in [-0.25, -0.2) is 4.57 Å². The van der Waals surface area contributed by atoms with Crippen LogP contribution in [0.5, 0.6) is 0 Å². The van der Waals surface area contributed by atoms with Crippen molar-refractivity contribution < 1.29 is 9.30 Å². The second-order valence-electron chi connectivity index (χ2n) is 4.69. The molecule has 6 heteroatoms. The molecule has 1 saturated heterocycles. The first-order chi connectivity index (χ1) is 9.33. The summed E-state index contributed by atoms with van der Waals surface area (Å²) in [7, 11) is 0. The molecule has 3 rings (SSSR count). The van der Waals surface area contributed by atoms with E-state index in [0.717, 1.165) is 62.1 Å². The number of imidazole rings is 1. The zero-order valence-corrected chi connectivity index (χ0v) is 11.5. The second-order valence-corrected chi connectivity index (χ2v) is 4.69. The zero-order chi connectivity index (χ0) is 13.2. The molecule has 102 valence electrons. The van der Waals surface area contributed by atoms with Gasteiger partial charge in [-0.15, -0.1) is 0 Å². The number of aryl methyl sites for hydroxylation is 2. The van der Waals surface area contributed by atoms with E-state index in [9.17, 15) is 0 Å². The van der Waals surface area contributed by atoms with E-state index in [1.165, 1.54) is 0 Å². The summed E-state index contributed by atoms with van der Waals surface area (Å²) in [4.78, 5) is 15.0. The molecule has 3 heterocycles. The SMILES string of the molecule is CCc1nc2c([nH]1)c(N1CCOCC1)nc[n+]2CC. The lowest BCUT2D eigenvalue weighted by molar-refractivity contribution is -0.672. The largest absolute Gasteiger partial charge is 0.378 e. The van der Waals surface area contributed by atoms with Gasteiger partial charge in [-0.2, -0.15) is 0 Å². The predicted molar refractivity (Wildman–Crippen MR) is 72.2 cm³/mol. The standard InChI is InChI=1S/C13H19N5O/c1-3-10-15-11-12(18-5-7-19-8-6-18)14-9-17(4-2)13(11)16-10/h9H,3-8H2,1-2H3/p+1. The van der Waals surface area contributed by atoms with Gasteiger partial charge >= 0.3 is 0 Å². The number of nitrogens with one attached hydrogen (secondary N) is 1. The van der Waals surface area contributed by atoms with Crippen LogP contribution in [0.2, 0.25) is 0 Å². The Balaban J connectivity index is 2.11. The Labute approximate surface area is 112 Å². The summed E-state index contributed by atoms with van der Waals surface area (Å²) >= 11 is 0. The molecule has 6 nitrogen and oxygen atoms in total. The van der Waals surface area contributed by atoms with Crippen LogP contribution in [0.25, 0.3) is 11.2 Å². The Morgan fingerprint density at radius 2 is 2.16 bits per heavy atom. The summed E-state index contributed by atoms with van der Waals surface area (Å²) in [5.41, 5.74) is 2.04. The fraction of sp³-hybridized carbons (Fsp3) is 0.615. The number of fused-ring (bicyclic) bond motifs is 1. The molecule has 0 spiro atoms. The molecule has 19 heavy (non-hydrogen) atoms. The van der Waals surface area contributed by atoms with Gasteiger partial charge in [0, 0.05) is 19.5 Å². The van der Waals surface area contributed by atoms with Crippen molar-refractivity contribution in [1.29, 1.82) is 0 Å². The Bertz CT molecular complexity index is 574. The highest BCUT2D eigenvalue weighted by atomic mass is 16.5. The molecule has 0 unspecified atom stereocenters. The number of hydrogen-bond acceptors (Lipinski definition) is 4. The molecule has 0 bridgehead atoms. The van der Waals surface area contributed by atoms with Crippen LogP contribution in [0, 0.1) is 0 Å². The predicted octanol–water partition coefficient (Wildman–Crippen LogP) is 0.664. The van der Waals surface area contributed by atoms with Gasteiger partial charge in [-0.1, -0.05) is 16.9 Å². The average molecular weight is 262 g/mol. The van der Waals surface area contributed by atoms with Crippen LogP contribution in [0.3, 0.4) is 0 Å². The maximum atomic E-state index is 5.40. The minimum absolute atomic E-state index is 0.765. The summed E-state index contributed by atoms with van der Waals surface area (Å²) in [6.07, 6.45) is 2.79. The van der Waals surface area contributed by atoms with E-state index in [-0.39, 0.29) is 0 Å². The van der Waals surface area contributed by atoms with Crippen LogP contribution in [-0.2, 0) is 17.7 Å². The maximum Gasteiger partial charge on any atom is 0.293 e. The molecule has 1 aliphatic heterocycles. The van der Waals surface area contributed by atoms with E-state index in [0.29, 0.717) is 0 Å². The molecule has 0 radical (unpaired) electrons. The van der Waals surface area contributed by atoms with Crippen LogP contribution in [-0.4, -0.2) is 41.3 Å². The lowest BCUT2D eigenvalue weighted by atomic mass is 10.3. The Morgan fingerprint density at radius 1 is 1.37 bits per heavy atom. The Hall–Kier alpha value is -1.69. The minimum Gasteiger partial charge on any atom is -0.378 e. The Kier molecular flexibility index (Phi) is 3.33. The van der Waals surface area contributed by atoms with Gasteiger partial charge in [0.25, 0.3) is 5.65 Å². The molecular formula is C13H20N5O+. The van der Waals surface area contributed by atoms with Crippen molar-refractivity contribution >= 4 is 17.0 Å². The number of H-pyrrole nitrogens is 1. The van der Waals surface area contributed by atoms with Gasteiger partial charge in [-0.05, 0) is 6.92 Å². The topological polar surface area (TPSA) is 57.9 Å². The van der Waals surface area contributed by atoms with Crippen LogP contribution in [0.4, 0.5) is 5.82 Å². The van der Waals surface area contributed by atoms with E-state index in [1.54, 1.807) is 0 Å². The molecule has 1 aliphatic rings. The molecule has 0 aliphatic carbocycles. The number of hydrogen-bond donors (Lipinski definition) is 1. The normalized spacial score (nSPS) is 16.2. The fourth-order valence-corrected chi connectivity index (χ4v) is 2.43. The molecule has 2 aromatic heterocycles. The number of ether oxygens (including phenoxy) is 1. The van der Waals surface area contributed by atoms with Gasteiger partial charge in [0.15, 0.2) is 11.3 Å². The van der Waals surface area contributed by atoms with Crippen molar-refractivity contribution in [1.82, 2.24) is 15.0 Å². The zero-order valence-electron chi connectivity index (χ0n) is 11.5. The van der Waals surface area contributed by atoms with Gasteiger partial charge in [0.1, 0.15) is 0 Å². The average Bonchev–Trinajstić information content (AvgIpc) is 2.91. The van der Waals surface area contributed by atoms with Gasteiger partial charge < -0.3 is 14.6 Å². The first-order valence-electron chi connectivity index (χ1n) is 6.93. The van der Waals surface area contributed by atoms with Crippen LogP contribution in [0.15, 0.2) is 6.33 Å². The molecule has 0 aromatic carbocycles. The van der Waals surface area contributed by atoms with Crippen LogP contribution < -0.4 is 9.47 Å². The summed E-state index contributed by atoms with van der Waals surface area (Å²) in [6.45, 7) is 8.39. The number of morpholine rings is 1. The quantitative estimate of drug-likeness (QED) is 0.826. The first kappa shape index (κ1) is 12.3. The highest BCUT2D eigenvalue weighted by Gasteiger charge is 2.24. The van der Waals surface area contributed by atoms with Crippen molar-refractivity contribution in [2.75, 3.05) is 31.2 Å². The summed E-state index contributed by atoms with van der Waals surface area (Å²) in [6, 6.07) is 0. The van der Waals surface area contributed by atoms with Gasteiger partial charge in [-0.3, -0.25) is 0 Å². The summed E-state index contributed by atoms with van der Waals surface area (Å²) in [5, 5.41) is 0. The number of rotatable bonds is 3. The third-order valence-corrected chi connectivity index (χ3v) is 3.54. The fourth-order valence-electron chi connectivity index (χ4n) is 2.43. The second kappa shape index (κ2) is 5.13. The lowest BCUT2D eigenvalue weighted by Crippen LogP contribution is -2.39. The minimum atomic E-state index is 0.765. The van der Waals surface area contributed by atoms with Gasteiger partial charge in [0.05, 0.1) is 19.8 Å². The molecule has 0 amide bonds. The highest BCUT2D eigenvalue weighted by Crippen LogP contribution is 2.21. The Morgan fingerprint density at radius 3 is 2.84 bits per heavy atom. The van der Waals surface area contributed by atoms with Crippen molar-refractivity contribution in [2.45, 2.75) is 26.8 Å². The van der Waals surface area contributed by atoms with E-state index >= 15 is 0 Å². The van der Waals surface area contributed by atoms with Gasteiger partial charge in [0.2, 0.25) is 12.1 Å². The van der Waals surface area contributed by atoms with Crippen molar-refractivity contribution in [3.05, 3.63) is 12.2 Å². The smallest absolute Gasteiger partial charge is 0.293 e. The van der Waals surface area contributed by atoms with Crippen molar-refractivity contribution in [3.8, 4) is 0 Å². The third kappa shape index (κ3) is 2.16. The number of aromatic amines is 1. The first-order valence-corrected chi connectivity index (χ1v) is 6.93. The number of anilines is 1. The molecule has 1 fully saturated rings.